The Morgan fingerprint density at radius 2 is 2.02 bits per heavy atom. The average molecular weight is 622 g/mol. The van der Waals surface area contributed by atoms with E-state index in [1.165, 1.54) is 28.4 Å². The third-order valence-electron chi connectivity index (χ3n) is 8.17. The first-order chi connectivity index (χ1) is 20.2. The second-order valence-corrected chi connectivity index (χ2v) is 12.2. The normalized spacial score (nSPS) is 25.2. The van der Waals surface area contributed by atoms with Crippen LogP contribution in [-0.2, 0) is 14.3 Å². The summed E-state index contributed by atoms with van der Waals surface area (Å²) in [5.74, 6) is -5.58. The van der Waals surface area contributed by atoms with Crippen LogP contribution in [0, 0.1) is 19.7 Å². The van der Waals surface area contributed by atoms with E-state index in [-0.39, 0.29) is 31.0 Å². The summed E-state index contributed by atoms with van der Waals surface area (Å²) in [7, 11) is 0. The van der Waals surface area contributed by atoms with E-state index in [0.29, 0.717) is 28.4 Å². The summed E-state index contributed by atoms with van der Waals surface area (Å²) in [6.45, 7) is 5.14. The third kappa shape index (κ3) is 5.93. The van der Waals surface area contributed by atoms with Gasteiger partial charge in [0, 0.05) is 42.4 Å². The average Bonchev–Trinajstić information content (AvgIpc) is 3.61. The molecule has 2 aromatic rings. The van der Waals surface area contributed by atoms with Crippen LogP contribution in [0.25, 0.3) is 0 Å². The highest BCUT2D eigenvalue weighted by molar-refractivity contribution is 7.11. The van der Waals surface area contributed by atoms with Gasteiger partial charge in [0.15, 0.2) is 16.4 Å². The standard InChI is InChI=1S/C29H34F3N5O5S/c1-5-42-26(38)21-19(11-37-14-29(31,32)23-20(37)9-10-36(23)13-28(4,41)27(39)40)34-24(25-33-15(2)12-43-25)35-22(21)17-7-6-8-18(30)16(17)3/h6-8,12,20,22-23,41H,5,9-11,13-14H2,1-4H3,(H,34,35)(H,39,40)/t20-,22-,23+,28-/m0/s1. The van der Waals surface area contributed by atoms with Crippen molar-refractivity contribution < 1.29 is 37.7 Å². The highest BCUT2D eigenvalue weighted by Crippen LogP contribution is 2.43. The van der Waals surface area contributed by atoms with Crippen molar-refractivity contribution in [3.63, 3.8) is 0 Å². The summed E-state index contributed by atoms with van der Waals surface area (Å²) >= 11 is 1.32. The SMILES string of the molecule is CCOC(=O)C1=C(CN2CC(F)(F)[C@H]3[C@@H]2CCN3C[C@](C)(O)C(=O)O)NC(c2nc(C)cs2)=N[C@H]1c1cccc(F)c1C. The number of ether oxygens (including phenoxy) is 1. The van der Waals surface area contributed by atoms with Crippen LogP contribution in [0.4, 0.5) is 13.2 Å². The van der Waals surface area contributed by atoms with Crippen LogP contribution in [0.5, 0.6) is 0 Å². The molecule has 0 spiro atoms. The first-order valence-electron chi connectivity index (χ1n) is 14.0. The Morgan fingerprint density at radius 1 is 1.28 bits per heavy atom. The molecule has 4 heterocycles. The predicted molar refractivity (Wildman–Crippen MR) is 153 cm³/mol. The number of carbonyl (C=O) groups excluding carboxylic acids is 1. The maximum Gasteiger partial charge on any atom is 0.338 e. The highest BCUT2D eigenvalue weighted by Gasteiger charge is 2.60. The van der Waals surface area contributed by atoms with Gasteiger partial charge in [-0.15, -0.1) is 11.3 Å². The summed E-state index contributed by atoms with van der Waals surface area (Å²) in [5, 5.41) is 25.2. The number of rotatable bonds is 9. The van der Waals surface area contributed by atoms with Gasteiger partial charge < -0.3 is 20.3 Å². The summed E-state index contributed by atoms with van der Waals surface area (Å²) in [6.07, 6.45) is 0.303. The van der Waals surface area contributed by atoms with Crippen LogP contribution in [0.2, 0.25) is 0 Å². The molecular formula is C29H34F3N5O5S. The topological polar surface area (TPSA) is 128 Å². The van der Waals surface area contributed by atoms with E-state index >= 15 is 8.78 Å². The van der Waals surface area contributed by atoms with E-state index < -0.39 is 60.5 Å². The van der Waals surface area contributed by atoms with E-state index in [1.54, 1.807) is 24.8 Å². The van der Waals surface area contributed by atoms with E-state index in [9.17, 15) is 24.2 Å². The molecule has 10 nitrogen and oxygen atoms in total. The van der Waals surface area contributed by atoms with Gasteiger partial charge >= 0.3 is 11.9 Å². The number of nitrogens with one attached hydrogen (secondary N) is 1. The number of carboxylic acid groups (broad SMARTS) is 1. The number of nitrogens with zero attached hydrogens (tertiary/aromatic N) is 4. The number of alkyl halides is 2. The van der Waals surface area contributed by atoms with Gasteiger partial charge in [-0.1, -0.05) is 12.1 Å². The summed E-state index contributed by atoms with van der Waals surface area (Å²) < 4.78 is 51.3. The lowest BCUT2D eigenvalue weighted by Crippen LogP contribution is -2.53. The smallest absolute Gasteiger partial charge is 0.338 e. The van der Waals surface area contributed by atoms with Crippen molar-refractivity contribution >= 4 is 29.1 Å². The molecule has 0 radical (unpaired) electrons. The van der Waals surface area contributed by atoms with E-state index in [1.807, 2.05) is 12.3 Å². The summed E-state index contributed by atoms with van der Waals surface area (Å²) in [6, 6.07) is 1.50. The molecule has 3 aliphatic rings. The number of aromatic nitrogens is 1. The van der Waals surface area contributed by atoms with Crippen LogP contribution < -0.4 is 5.32 Å². The zero-order valence-corrected chi connectivity index (χ0v) is 25.1. The van der Waals surface area contributed by atoms with Crippen molar-refractivity contribution in [2.75, 3.05) is 32.8 Å². The molecule has 1 aromatic heterocycles. The third-order valence-corrected chi connectivity index (χ3v) is 9.13. The quantitative estimate of drug-likeness (QED) is 0.362. The van der Waals surface area contributed by atoms with Crippen molar-refractivity contribution in [3.8, 4) is 0 Å². The monoisotopic (exact) mass is 621 g/mol. The number of fused-ring (bicyclic) bond motifs is 1. The molecule has 14 heteroatoms. The number of aliphatic carboxylic acids is 1. The summed E-state index contributed by atoms with van der Waals surface area (Å²) in [4.78, 5) is 37.2. The molecular weight excluding hydrogens is 587 g/mol. The molecule has 0 unspecified atom stereocenters. The zero-order valence-electron chi connectivity index (χ0n) is 24.2. The van der Waals surface area contributed by atoms with Crippen LogP contribution in [0.15, 0.2) is 39.8 Å². The number of aryl methyl sites for hydroxylation is 1. The Balaban J connectivity index is 1.56. The molecule has 0 bridgehead atoms. The minimum absolute atomic E-state index is 0.0532. The lowest BCUT2D eigenvalue weighted by atomic mass is 9.92. The van der Waals surface area contributed by atoms with Crippen molar-refractivity contribution in [2.45, 2.75) is 63.8 Å². The molecule has 5 rings (SSSR count). The molecule has 0 amide bonds. The molecule has 2 fully saturated rings. The Kier molecular flexibility index (Phi) is 8.42. The van der Waals surface area contributed by atoms with Gasteiger partial charge in [-0.3, -0.25) is 14.8 Å². The van der Waals surface area contributed by atoms with Gasteiger partial charge in [0.25, 0.3) is 5.92 Å². The fourth-order valence-corrected chi connectivity index (χ4v) is 6.90. The minimum Gasteiger partial charge on any atom is -0.479 e. The Hall–Kier alpha value is -3.33. The van der Waals surface area contributed by atoms with Gasteiger partial charge in [0.05, 0.1) is 24.8 Å². The number of amidine groups is 1. The van der Waals surface area contributed by atoms with Crippen molar-refractivity contribution in [2.24, 2.45) is 4.99 Å². The van der Waals surface area contributed by atoms with Crippen molar-refractivity contribution in [1.82, 2.24) is 20.1 Å². The molecule has 3 N–H and O–H groups in total. The Labute approximate surface area is 250 Å². The molecule has 3 aliphatic heterocycles. The van der Waals surface area contributed by atoms with Gasteiger partial charge in [-0.05, 0) is 51.3 Å². The van der Waals surface area contributed by atoms with Crippen LogP contribution in [0.1, 0.15) is 48.1 Å². The van der Waals surface area contributed by atoms with Crippen molar-refractivity contribution in [3.05, 3.63) is 62.5 Å². The molecule has 4 atom stereocenters. The summed E-state index contributed by atoms with van der Waals surface area (Å²) in [5.41, 5.74) is -0.356. The second kappa shape index (κ2) is 11.6. The first kappa shape index (κ1) is 31.1. The van der Waals surface area contributed by atoms with Gasteiger partial charge in [-0.25, -0.2) is 27.7 Å². The molecule has 232 valence electrons. The number of thiazole rings is 1. The zero-order chi connectivity index (χ0) is 31.3. The number of hydrogen-bond donors (Lipinski definition) is 3. The first-order valence-corrected chi connectivity index (χ1v) is 14.9. The number of benzene rings is 1. The number of carbonyl (C=O) groups is 2. The number of aliphatic imine (C=N–C) groups is 1. The largest absolute Gasteiger partial charge is 0.479 e. The Bertz CT molecular complexity index is 1490. The maximum atomic E-state index is 15.6. The Morgan fingerprint density at radius 3 is 2.67 bits per heavy atom. The van der Waals surface area contributed by atoms with Gasteiger partial charge in [0.2, 0.25) is 0 Å². The number of esters is 1. The highest BCUT2D eigenvalue weighted by atomic mass is 32.1. The van der Waals surface area contributed by atoms with E-state index in [2.05, 4.69) is 10.3 Å². The number of hydrogen-bond acceptors (Lipinski definition) is 10. The lowest BCUT2D eigenvalue weighted by molar-refractivity contribution is -0.160. The van der Waals surface area contributed by atoms with Crippen LogP contribution in [-0.4, -0.2) is 99.2 Å². The van der Waals surface area contributed by atoms with Gasteiger partial charge in [0.1, 0.15) is 11.9 Å². The second-order valence-electron chi connectivity index (χ2n) is 11.4. The van der Waals surface area contributed by atoms with Crippen molar-refractivity contribution in [1.29, 1.82) is 0 Å². The molecule has 0 aliphatic carbocycles. The fraction of sp³-hybridized carbons (Fsp3) is 0.517. The number of aliphatic hydroxyl groups is 1. The van der Waals surface area contributed by atoms with E-state index in [0.717, 1.165) is 12.6 Å². The molecule has 2 saturated heterocycles. The van der Waals surface area contributed by atoms with E-state index in [4.69, 9.17) is 9.73 Å². The van der Waals surface area contributed by atoms with Gasteiger partial charge in [-0.2, -0.15) is 0 Å². The lowest BCUT2D eigenvalue weighted by Gasteiger charge is -2.32. The minimum atomic E-state index is -3.23. The number of carboxylic acids is 1. The molecule has 43 heavy (non-hydrogen) atoms. The maximum absolute atomic E-state index is 15.6. The number of halogens is 3. The number of β-amino-alcohol motifs (C(OH)–C–C–N with tert-alkyl or cyclic N) is 1. The van der Waals surface area contributed by atoms with Crippen LogP contribution in [0.3, 0.4) is 0 Å². The van der Waals surface area contributed by atoms with Crippen LogP contribution >= 0.6 is 11.3 Å². The molecule has 1 aromatic carbocycles. The number of likely N-dealkylation sites (tertiary alicyclic amines) is 2. The predicted octanol–water partition coefficient (Wildman–Crippen LogP) is 3.04. The molecule has 0 saturated carbocycles. The fourth-order valence-electron chi connectivity index (χ4n) is 6.15.